The maximum absolute atomic E-state index is 10.4. The third kappa shape index (κ3) is 11.1. The molecule has 24 heavy (non-hydrogen) atoms. The maximum atomic E-state index is 10.4. The standard InChI is InChI=1S/C21H32O3/c1-2-3-7-14-20(22)15-10-6-9-13-19-17-18(19)12-8-4-5-11-16-21(23)24/h4,8,10,15,18-20,22H,2-3,5,7,11-14,16-17H2,1H3,(H,23,24)/b8-4-,15-10+/t18-,19+,20?/m1/s1. The summed E-state index contributed by atoms with van der Waals surface area (Å²) < 4.78 is 0. The predicted molar refractivity (Wildman–Crippen MR) is 98.5 cm³/mol. The van der Waals surface area contributed by atoms with E-state index in [-0.39, 0.29) is 12.5 Å². The summed E-state index contributed by atoms with van der Waals surface area (Å²) in [7, 11) is 0. The van der Waals surface area contributed by atoms with Crippen LogP contribution in [0, 0.1) is 23.7 Å². The Bertz CT molecular complexity index is 467. The van der Waals surface area contributed by atoms with Crippen LogP contribution in [0.3, 0.4) is 0 Å². The lowest BCUT2D eigenvalue weighted by molar-refractivity contribution is -0.137. The van der Waals surface area contributed by atoms with Crippen molar-refractivity contribution in [1.82, 2.24) is 0 Å². The zero-order valence-corrected chi connectivity index (χ0v) is 14.9. The Kier molecular flexibility index (Phi) is 11.0. The van der Waals surface area contributed by atoms with E-state index in [0.29, 0.717) is 5.92 Å². The van der Waals surface area contributed by atoms with Crippen LogP contribution in [0.2, 0.25) is 0 Å². The SMILES string of the molecule is CCCCCC(O)/C=C/C#CC[C@H]1C[C@H]1C/C=C\CCCC(=O)O. The lowest BCUT2D eigenvalue weighted by atomic mass is 10.1. The summed E-state index contributed by atoms with van der Waals surface area (Å²) in [5, 5.41) is 18.3. The average Bonchev–Trinajstić information content (AvgIpc) is 3.29. The van der Waals surface area contributed by atoms with Gasteiger partial charge in [0.2, 0.25) is 0 Å². The van der Waals surface area contributed by atoms with Crippen molar-refractivity contribution < 1.29 is 15.0 Å². The summed E-state index contributed by atoms with van der Waals surface area (Å²) in [6.07, 6.45) is 16.9. The van der Waals surface area contributed by atoms with Gasteiger partial charge < -0.3 is 10.2 Å². The molecule has 0 aromatic rings. The first-order valence-electron chi connectivity index (χ1n) is 9.33. The normalized spacial score (nSPS) is 20.9. The number of carboxylic acids is 1. The topological polar surface area (TPSA) is 57.5 Å². The van der Waals surface area contributed by atoms with E-state index in [0.717, 1.165) is 44.4 Å². The second-order valence-electron chi connectivity index (χ2n) is 6.70. The van der Waals surface area contributed by atoms with Crippen molar-refractivity contribution in [2.75, 3.05) is 0 Å². The molecule has 1 rings (SSSR count). The Morgan fingerprint density at radius 2 is 2.08 bits per heavy atom. The van der Waals surface area contributed by atoms with Gasteiger partial charge in [-0.2, -0.15) is 0 Å². The number of allylic oxidation sites excluding steroid dienone is 3. The van der Waals surface area contributed by atoms with E-state index in [9.17, 15) is 9.90 Å². The summed E-state index contributed by atoms with van der Waals surface area (Å²) in [5.41, 5.74) is 0. The molecule has 0 spiro atoms. The van der Waals surface area contributed by atoms with Crippen LogP contribution in [0.5, 0.6) is 0 Å². The second kappa shape index (κ2) is 12.8. The molecule has 1 fully saturated rings. The number of aliphatic carboxylic acids is 1. The van der Waals surface area contributed by atoms with E-state index in [2.05, 4.69) is 30.9 Å². The molecule has 0 aromatic heterocycles. The molecule has 3 nitrogen and oxygen atoms in total. The Balaban J connectivity index is 2.04. The third-order valence-electron chi connectivity index (χ3n) is 4.41. The highest BCUT2D eigenvalue weighted by Gasteiger charge is 2.34. The van der Waals surface area contributed by atoms with Gasteiger partial charge in [0.05, 0.1) is 6.10 Å². The summed E-state index contributed by atoms with van der Waals surface area (Å²) in [6, 6.07) is 0. The Morgan fingerprint density at radius 1 is 1.25 bits per heavy atom. The van der Waals surface area contributed by atoms with E-state index in [1.165, 1.54) is 19.3 Å². The average molecular weight is 332 g/mol. The second-order valence-corrected chi connectivity index (χ2v) is 6.70. The van der Waals surface area contributed by atoms with Crippen molar-refractivity contribution in [2.45, 2.75) is 77.2 Å². The number of carbonyl (C=O) groups is 1. The summed E-state index contributed by atoms with van der Waals surface area (Å²) in [5.74, 6) is 6.96. The minimum Gasteiger partial charge on any atom is -0.481 e. The number of hydrogen-bond donors (Lipinski definition) is 2. The Morgan fingerprint density at radius 3 is 2.83 bits per heavy atom. The quantitative estimate of drug-likeness (QED) is 0.309. The molecule has 0 amide bonds. The summed E-state index contributed by atoms with van der Waals surface area (Å²) in [4.78, 5) is 10.4. The largest absolute Gasteiger partial charge is 0.481 e. The third-order valence-corrected chi connectivity index (χ3v) is 4.41. The highest BCUT2D eigenvalue weighted by molar-refractivity contribution is 5.66. The molecule has 0 aliphatic heterocycles. The number of rotatable bonds is 12. The molecule has 0 saturated heterocycles. The Labute approximate surface area is 146 Å². The minimum atomic E-state index is -0.716. The molecule has 1 aliphatic carbocycles. The molecule has 3 heteroatoms. The van der Waals surface area contributed by atoms with Crippen molar-refractivity contribution in [3.8, 4) is 11.8 Å². The van der Waals surface area contributed by atoms with Gasteiger partial charge in [0.15, 0.2) is 0 Å². The van der Waals surface area contributed by atoms with Crippen LogP contribution < -0.4 is 0 Å². The fraction of sp³-hybridized carbons (Fsp3) is 0.667. The molecule has 1 saturated carbocycles. The smallest absolute Gasteiger partial charge is 0.303 e. The minimum absolute atomic E-state index is 0.257. The number of unbranched alkanes of at least 4 members (excludes halogenated alkanes) is 3. The van der Waals surface area contributed by atoms with Crippen molar-refractivity contribution in [1.29, 1.82) is 0 Å². The van der Waals surface area contributed by atoms with Crippen LogP contribution >= 0.6 is 0 Å². The van der Waals surface area contributed by atoms with Crippen molar-refractivity contribution >= 4 is 5.97 Å². The van der Waals surface area contributed by atoms with Gasteiger partial charge in [-0.1, -0.05) is 50.2 Å². The molecule has 1 unspecified atom stereocenters. The van der Waals surface area contributed by atoms with Crippen LogP contribution in [0.1, 0.15) is 71.1 Å². The lowest BCUT2D eigenvalue weighted by Crippen LogP contribution is -2.00. The first-order chi connectivity index (χ1) is 11.6. The van der Waals surface area contributed by atoms with Crippen molar-refractivity contribution in [3.63, 3.8) is 0 Å². The van der Waals surface area contributed by atoms with E-state index in [1.807, 2.05) is 0 Å². The molecule has 0 heterocycles. The van der Waals surface area contributed by atoms with Gasteiger partial charge >= 0.3 is 5.97 Å². The van der Waals surface area contributed by atoms with Crippen LogP contribution in [0.25, 0.3) is 0 Å². The van der Waals surface area contributed by atoms with Gasteiger partial charge in [-0.15, -0.1) is 0 Å². The van der Waals surface area contributed by atoms with E-state index in [1.54, 1.807) is 12.2 Å². The fourth-order valence-corrected chi connectivity index (χ4v) is 2.72. The summed E-state index contributed by atoms with van der Waals surface area (Å²) >= 11 is 0. The molecule has 0 bridgehead atoms. The van der Waals surface area contributed by atoms with Gasteiger partial charge in [0, 0.05) is 12.8 Å². The fourth-order valence-electron chi connectivity index (χ4n) is 2.72. The molecule has 2 N–H and O–H groups in total. The zero-order chi connectivity index (χ0) is 17.6. The van der Waals surface area contributed by atoms with Crippen molar-refractivity contribution in [2.24, 2.45) is 11.8 Å². The van der Waals surface area contributed by atoms with Gasteiger partial charge in [0.1, 0.15) is 0 Å². The molecular formula is C21H32O3. The lowest BCUT2D eigenvalue weighted by Gasteiger charge is -2.02. The monoisotopic (exact) mass is 332 g/mol. The molecule has 1 aliphatic rings. The van der Waals surface area contributed by atoms with Crippen LogP contribution in [-0.2, 0) is 4.79 Å². The van der Waals surface area contributed by atoms with Gasteiger partial charge in [-0.05, 0) is 56.1 Å². The molecule has 3 atom stereocenters. The molecular weight excluding hydrogens is 300 g/mol. The highest BCUT2D eigenvalue weighted by atomic mass is 16.4. The van der Waals surface area contributed by atoms with Gasteiger partial charge in [0.25, 0.3) is 0 Å². The summed E-state index contributed by atoms with van der Waals surface area (Å²) in [6.45, 7) is 2.16. The maximum Gasteiger partial charge on any atom is 0.303 e. The first-order valence-corrected chi connectivity index (χ1v) is 9.33. The number of aliphatic hydroxyl groups is 1. The molecule has 0 radical (unpaired) electrons. The van der Waals surface area contributed by atoms with Gasteiger partial charge in [-0.3, -0.25) is 4.79 Å². The van der Waals surface area contributed by atoms with Crippen LogP contribution in [0.4, 0.5) is 0 Å². The van der Waals surface area contributed by atoms with Crippen LogP contribution in [0.15, 0.2) is 24.3 Å². The van der Waals surface area contributed by atoms with Crippen LogP contribution in [-0.4, -0.2) is 22.3 Å². The Hall–Kier alpha value is -1.53. The van der Waals surface area contributed by atoms with Crippen molar-refractivity contribution in [3.05, 3.63) is 24.3 Å². The van der Waals surface area contributed by atoms with E-state index in [4.69, 9.17) is 5.11 Å². The number of aliphatic hydroxyl groups excluding tert-OH is 1. The highest BCUT2D eigenvalue weighted by Crippen LogP contribution is 2.43. The van der Waals surface area contributed by atoms with E-state index >= 15 is 0 Å². The zero-order valence-electron chi connectivity index (χ0n) is 14.9. The first kappa shape index (κ1) is 20.5. The molecule has 0 aromatic carbocycles. The van der Waals surface area contributed by atoms with Gasteiger partial charge in [-0.25, -0.2) is 0 Å². The number of hydrogen-bond acceptors (Lipinski definition) is 2. The molecule has 134 valence electrons. The number of carboxylic acid groups (broad SMARTS) is 1. The van der Waals surface area contributed by atoms with E-state index < -0.39 is 5.97 Å². The predicted octanol–water partition coefficient (Wildman–Crippen LogP) is 4.71.